The molecule has 1 heteroatoms. The second kappa shape index (κ2) is 4.48. The minimum Gasteiger partial charge on any atom is -0.393 e. The Labute approximate surface area is 124 Å². The Hall–Kier alpha value is -0.0400. The van der Waals surface area contributed by atoms with Gasteiger partial charge in [-0.15, -0.1) is 0 Å². The van der Waals surface area contributed by atoms with E-state index >= 15 is 0 Å². The third kappa shape index (κ3) is 1.71. The highest BCUT2D eigenvalue weighted by molar-refractivity contribution is 5.08. The predicted octanol–water partition coefficient (Wildman–Crippen LogP) is 4.78. The van der Waals surface area contributed by atoms with Gasteiger partial charge in [0.1, 0.15) is 0 Å². The smallest absolute Gasteiger partial charge is 0.0576 e. The summed E-state index contributed by atoms with van der Waals surface area (Å²) in [4.78, 5) is 0. The highest BCUT2D eigenvalue weighted by atomic mass is 16.3. The molecule has 0 aromatic rings. The van der Waals surface area contributed by atoms with Crippen molar-refractivity contribution in [3.63, 3.8) is 0 Å². The van der Waals surface area contributed by atoms with Crippen LogP contribution in [0.25, 0.3) is 0 Å². The van der Waals surface area contributed by atoms with Crippen molar-refractivity contribution in [3.8, 4) is 0 Å². The first-order valence-corrected chi connectivity index (χ1v) is 9.23. The first kappa shape index (κ1) is 13.6. The molecule has 4 fully saturated rings. The van der Waals surface area contributed by atoms with Gasteiger partial charge >= 0.3 is 0 Å². The Balaban J connectivity index is 1.68. The summed E-state index contributed by atoms with van der Waals surface area (Å²) in [6, 6.07) is 0. The van der Waals surface area contributed by atoms with Crippen LogP contribution in [0.3, 0.4) is 0 Å². The van der Waals surface area contributed by atoms with E-state index in [1.165, 1.54) is 57.8 Å². The Morgan fingerprint density at radius 1 is 0.800 bits per heavy atom. The van der Waals surface area contributed by atoms with E-state index in [1.807, 2.05) is 0 Å². The molecule has 20 heavy (non-hydrogen) atoms. The van der Waals surface area contributed by atoms with Crippen LogP contribution in [0, 0.1) is 34.5 Å². The van der Waals surface area contributed by atoms with Crippen LogP contribution in [0.2, 0.25) is 0 Å². The van der Waals surface area contributed by atoms with Crippen LogP contribution >= 0.6 is 0 Å². The zero-order chi connectivity index (χ0) is 14.0. The molecule has 0 heterocycles. The number of rotatable bonds is 0. The summed E-state index contributed by atoms with van der Waals surface area (Å²) < 4.78 is 0. The average Bonchev–Trinajstić information content (AvgIpc) is 2.81. The standard InChI is InChI=1S/C19H32O/c1-18-9-5-7-14(18)13-12-17(20)16-6-3-4-10-19(16,2)15(13)8-11-18/h13-17,20H,3-12H2,1-2H3/t13-,14-,15-,16+,17+,18-,19+/m0/s1. The Morgan fingerprint density at radius 3 is 2.45 bits per heavy atom. The second-order valence-corrected chi connectivity index (χ2v) is 9.12. The first-order valence-electron chi connectivity index (χ1n) is 9.23. The third-order valence-electron chi connectivity index (χ3n) is 8.37. The summed E-state index contributed by atoms with van der Waals surface area (Å²) in [5.74, 6) is 3.30. The minimum atomic E-state index is 0.00417. The van der Waals surface area contributed by atoms with Crippen LogP contribution in [0.4, 0.5) is 0 Å². The van der Waals surface area contributed by atoms with E-state index in [0.717, 1.165) is 24.2 Å². The lowest BCUT2D eigenvalue weighted by atomic mass is 9.45. The fourth-order valence-electron chi connectivity index (χ4n) is 7.35. The lowest BCUT2D eigenvalue weighted by molar-refractivity contribution is -0.153. The molecular weight excluding hydrogens is 244 g/mol. The van der Waals surface area contributed by atoms with Crippen molar-refractivity contribution >= 4 is 0 Å². The maximum Gasteiger partial charge on any atom is 0.0576 e. The summed E-state index contributed by atoms with van der Waals surface area (Å²) in [6.07, 6.45) is 13.9. The molecule has 0 radical (unpaired) electrons. The number of fused-ring (bicyclic) bond motifs is 5. The molecule has 0 saturated heterocycles. The molecule has 4 aliphatic carbocycles. The fraction of sp³-hybridized carbons (Fsp3) is 1.00. The topological polar surface area (TPSA) is 20.2 Å². The average molecular weight is 276 g/mol. The Bertz CT molecular complexity index is 391. The van der Waals surface area contributed by atoms with Crippen molar-refractivity contribution in [2.45, 2.75) is 84.2 Å². The lowest BCUT2D eigenvalue weighted by Gasteiger charge is -2.61. The number of aliphatic hydroxyl groups excluding tert-OH is 1. The van der Waals surface area contributed by atoms with Crippen LogP contribution in [0.15, 0.2) is 0 Å². The molecule has 0 aromatic heterocycles. The molecule has 0 unspecified atom stereocenters. The van der Waals surface area contributed by atoms with Gasteiger partial charge in [-0.2, -0.15) is 0 Å². The monoisotopic (exact) mass is 276 g/mol. The molecule has 0 amide bonds. The highest BCUT2D eigenvalue weighted by Gasteiger charge is 2.59. The van der Waals surface area contributed by atoms with E-state index in [4.69, 9.17) is 0 Å². The molecule has 1 N–H and O–H groups in total. The highest BCUT2D eigenvalue weighted by Crippen LogP contribution is 2.66. The zero-order valence-corrected chi connectivity index (χ0v) is 13.4. The van der Waals surface area contributed by atoms with Gasteiger partial charge < -0.3 is 5.11 Å². The van der Waals surface area contributed by atoms with Gasteiger partial charge in [0.2, 0.25) is 0 Å². The normalized spacial score (nSPS) is 58.6. The number of aliphatic hydroxyl groups is 1. The van der Waals surface area contributed by atoms with E-state index < -0.39 is 0 Å². The van der Waals surface area contributed by atoms with Crippen molar-refractivity contribution in [1.29, 1.82) is 0 Å². The quantitative estimate of drug-likeness (QED) is 0.675. The van der Waals surface area contributed by atoms with Gasteiger partial charge in [0.05, 0.1) is 6.10 Å². The zero-order valence-electron chi connectivity index (χ0n) is 13.4. The van der Waals surface area contributed by atoms with Crippen molar-refractivity contribution < 1.29 is 5.11 Å². The third-order valence-corrected chi connectivity index (χ3v) is 8.37. The summed E-state index contributed by atoms with van der Waals surface area (Å²) >= 11 is 0. The lowest BCUT2D eigenvalue weighted by Crippen LogP contribution is -2.56. The van der Waals surface area contributed by atoms with Crippen molar-refractivity contribution in [3.05, 3.63) is 0 Å². The molecule has 7 atom stereocenters. The summed E-state index contributed by atoms with van der Waals surface area (Å²) in [5.41, 5.74) is 1.09. The van der Waals surface area contributed by atoms with Gasteiger partial charge in [-0.25, -0.2) is 0 Å². The van der Waals surface area contributed by atoms with Crippen LogP contribution in [0.5, 0.6) is 0 Å². The van der Waals surface area contributed by atoms with Gasteiger partial charge in [0.15, 0.2) is 0 Å². The maximum atomic E-state index is 10.8. The largest absolute Gasteiger partial charge is 0.393 e. The van der Waals surface area contributed by atoms with Gasteiger partial charge in [-0.05, 0) is 79.4 Å². The van der Waals surface area contributed by atoms with Crippen LogP contribution in [0.1, 0.15) is 78.1 Å². The Morgan fingerprint density at radius 2 is 1.60 bits per heavy atom. The molecule has 0 aliphatic heterocycles. The minimum absolute atomic E-state index is 0.00417. The molecule has 4 aliphatic rings. The molecule has 0 aromatic carbocycles. The molecular formula is C19H32O. The first-order chi connectivity index (χ1) is 9.55. The van der Waals surface area contributed by atoms with Gasteiger partial charge in [-0.3, -0.25) is 0 Å². The molecule has 4 rings (SSSR count). The fourth-order valence-corrected chi connectivity index (χ4v) is 7.35. The van der Waals surface area contributed by atoms with Crippen molar-refractivity contribution in [1.82, 2.24) is 0 Å². The van der Waals surface area contributed by atoms with Crippen molar-refractivity contribution in [2.75, 3.05) is 0 Å². The number of hydrogen-bond acceptors (Lipinski definition) is 1. The SMILES string of the molecule is C[C@@]12CCC[C@H]1[C@@H]1C[C@@H](O)[C@H]3CCCC[C@]3(C)[C@H]1CC2. The molecule has 0 bridgehead atoms. The van der Waals surface area contributed by atoms with Gasteiger partial charge in [0.25, 0.3) is 0 Å². The molecule has 4 saturated carbocycles. The van der Waals surface area contributed by atoms with E-state index in [2.05, 4.69) is 13.8 Å². The maximum absolute atomic E-state index is 10.8. The van der Waals surface area contributed by atoms with E-state index in [9.17, 15) is 5.11 Å². The molecule has 114 valence electrons. The Kier molecular flexibility index (Phi) is 3.05. The summed E-state index contributed by atoms with van der Waals surface area (Å²) in [5, 5.41) is 10.8. The van der Waals surface area contributed by atoms with E-state index in [-0.39, 0.29) is 6.10 Å². The van der Waals surface area contributed by atoms with Gasteiger partial charge in [-0.1, -0.05) is 33.1 Å². The van der Waals surface area contributed by atoms with Crippen LogP contribution in [-0.4, -0.2) is 11.2 Å². The summed E-state index contributed by atoms with van der Waals surface area (Å²) in [6.45, 7) is 5.11. The van der Waals surface area contributed by atoms with E-state index in [0.29, 0.717) is 16.7 Å². The van der Waals surface area contributed by atoms with Crippen molar-refractivity contribution in [2.24, 2.45) is 34.5 Å². The summed E-state index contributed by atoms with van der Waals surface area (Å²) in [7, 11) is 0. The van der Waals surface area contributed by atoms with E-state index in [1.54, 1.807) is 0 Å². The van der Waals surface area contributed by atoms with Crippen LogP contribution < -0.4 is 0 Å². The molecule has 0 spiro atoms. The van der Waals surface area contributed by atoms with Gasteiger partial charge in [0, 0.05) is 0 Å². The van der Waals surface area contributed by atoms with Crippen LogP contribution in [-0.2, 0) is 0 Å². The number of hydrogen-bond donors (Lipinski definition) is 1. The second-order valence-electron chi connectivity index (χ2n) is 9.12. The predicted molar refractivity (Wildman–Crippen MR) is 82.4 cm³/mol. The molecule has 1 nitrogen and oxygen atoms in total.